The van der Waals surface area contributed by atoms with Crippen molar-refractivity contribution in [2.45, 2.75) is 13.0 Å². The normalized spacial score (nSPS) is 23.2. The van der Waals surface area contributed by atoms with Crippen LogP contribution in [0, 0.1) is 5.92 Å². The minimum Gasteiger partial charge on any atom is -0.316 e. The fraction of sp³-hybridized carbons (Fsp3) is 0.625. The van der Waals surface area contributed by atoms with Crippen molar-refractivity contribution in [3.05, 3.63) is 21.2 Å². The highest BCUT2D eigenvalue weighted by molar-refractivity contribution is 7.07. The van der Waals surface area contributed by atoms with Gasteiger partial charge in [-0.1, -0.05) is 11.3 Å². The van der Waals surface area contributed by atoms with Crippen molar-refractivity contribution < 1.29 is 0 Å². The van der Waals surface area contributed by atoms with Gasteiger partial charge < -0.3 is 9.88 Å². The SMILES string of the molecule is O=c1sccn1CC1CCNC1. The number of thiazole rings is 1. The molecule has 1 N–H and O–H groups in total. The lowest BCUT2D eigenvalue weighted by atomic mass is 10.1. The first-order valence-electron chi connectivity index (χ1n) is 4.21. The number of hydrogen-bond acceptors (Lipinski definition) is 3. The van der Waals surface area contributed by atoms with E-state index in [-0.39, 0.29) is 4.87 Å². The average molecular weight is 184 g/mol. The van der Waals surface area contributed by atoms with E-state index >= 15 is 0 Å². The Morgan fingerprint density at radius 2 is 2.67 bits per heavy atom. The summed E-state index contributed by atoms with van der Waals surface area (Å²) in [7, 11) is 0. The van der Waals surface area contributed by atoms with Crippen LogP contribution in [0.15, 0.2) is 16.4 Å². The van der Waals surface area contributed by atoms with Crippen LogP contribution in [-0.2, 0) is 6.54 Å². The molecule has 1 aliphatic rings. The molecule has 66 valence electrons. The van der Waals surface area contributed by atoms with Crippen LogP contribution < -0.4 is 10.2 Å². The van der Waals surface area contributed by atoms with E-state index in [0.717, 1.165) is 19.6 Å². The second kappa shape index (κ2) is 3.41. The Morgan fingerprint density at radius 3 is 3.25 bits per heavy atom. The third kappa shape index (κ3) is 1.59. The molecular weight excluding hydrogens is 172 g/mol. The van der Waals surface area contributed by atoms with Gasteiger partial charge in [-0.25, -0.2) is 0 Å². The fourth-order valence-corrected chi connectivity index (χ4v) is 2.17. The number of nitrogens with zero attached hydrogens (tertiary/aromatic N) is 1. The van der Waals surface area contributed by atoms with E-state index < -0.39 is 0 Å². The molecular formula is C8H12N2OS. The fourth-order valence-electron chi connectivity index (χ4n) is 1.57. The van der Waals surface area contributed by atoms with Gasteiger partial charge in [0, 0.05) is 18.1 Å². The Labute approximate surface area is 75.0 Å². The van der Waals surface area contributed by atoms with Crippen molar-refractivity contribution >= 4 is 11.3 Å². The van der Waals surface area contributed by atoms with Gasteiger partial charge in [-0.3, -0.25) is 4.79 Å². The molecule has 0 radical (unpaired) electrons. The molecule has 0 amide bonds. The van der Waals surface area contributed by atoms with Gasteiger partial charge in [0.15, 0.2) is 0 Å². The summed E-state index contributed by atoms with van der Waals surface area (Å²) in [6.07, 6.45) is 3.08. The van der Waals surface area contributed by atoms with E-state index in [1.54, 1.807) is 0 Å². The molecule has 1 saturated heterocycles. The molecule has 0 bridgehead atoms. The van der Waals surface area contributed by atoms with E-state index in [4.69, 9.17) is 0 Å². The molecule has 3 nitrogen and oxygen atoms in total. The van der Waals surface area contributed by atoms with Crippen LogP contribution in [0.2, 0.25) is 0 Å². The lowest BCUT2D eigenvalue weighted by molar-refractivity contribution is 0.477. The molecule has 1 aromatic heterocycles. The minimum atomic E-state index is 0.168. The van der Waals surface area contributed by atoms with Crippen LogP contribution in [0.1, 0.15) is 6.42 Å². The number of rotatable bonds is 2. The molecule has 4 heteroatoms. The summed E-state index contributed by atoms with van der Waals surface area (Å²) >= 11 is 1.27. The predicted molar refractivity (Wildman–Crippen MR) is 49.6 cm³/mol. The maximum absolute atomic E-state index is 11.2. The monoisotopic (exact) mass is 184 g/mol. The first kappa shape index (κ1) is 8.01. The zero-order valence-electron chi connectivity index (χ0n) is 6.82. The highest BCUT2D eigenvalue weighted by Crippen LogP contribution is 2.09. The molecule has 2 rings (SSSR count). The van der Waals surface area contributed by atoms with Crippen molar-refractivity contribution in [1.29, 1.82) is 0 Å². The van der Waals surface area contributed by atoms with Crippen LogP contribution >= 0.6 is 11.3 Å². The highest BCUT2D eigenvalue weighted by atomic mass is 32.1. The Morgan fingerprint density at radius 1 is 1.75 bits per heavy atom. The Balaban J connectivity index is 2.03. The second-order valence-corrected chi connectivity index (χ2v) is 4.04. The van der Waals surface area contributed by atoms with Crippen molar-refractivity contribution in [1.82, 2.24) is 9.88 Å². The van der Waals surface area contributed by atoms with Gasteiger partial charge in [-0.05, 0) is 25.4 Å². The topological polar surface area (TPSA) is 34.0 Å². The van der Waals surface area contributed by atoms with Gasteiger partial charge in [0.2, 0.25) is 0 Å². The zero-order valence-corrected chi connectivity index (χ0v) is 7.64. The van der Waals surface area contributed by atoms with Crippen LogP contribution in [0.3, 0.4) is 0 Å². The summed E-state index contributed by atoms with van der Waals surface area (Å²) in [6.45, 7) is 3.04. The maximum Gasteiger partial charge on any atom is 0.307 e. The van der Waals surface area contributed by atoms with Gasteiger partial charge in [-0.15, -0.1) is 0 Å². The van der Waals surface area contributed by atoms with Gasteiger partial charge in [0.25, 0.3) is 0 Å². The molecule has 1 atom stereocenters. The van der Waals surface area contributed by atoms with Crippen LogP contribution in [0.25, 0.3) is 0 Å². The standard InChI is InChI=1S/C8H12N2OS/c11-8-10(3-4-12-8)6-7-1-2-9-5-7/h3-4,7,9H,1-2,5-6H2. The summed E-state index contributed by atoms with van der Waals surface area (Å²) in [5, 5.41) is 5.14. The number of nitrogens with one attached hydrogen (secondary N) is 1. The number of hydrogen-bond donors (Lipinski definition) is 1. The Hall–Kier alpha value is -0.610. The molecule has 2 heterocycles. The molecule has 0 aliphatic carbocycles. The molecule has 1 unspecified atom stereocenters. The number of aromatic nitrogens is 1. The minimum absolute atomic E-state index is 0.168. The van der Waals surface area contributed by atoms with Gasteiger partial charge in [0.1, 0.15) is 0 Å². The largest absolute Gasteiger partial charge is 0.316 e. The van der Waals surface area contributed by atoms with Gasteiger partial charge in [-0.2, -0.15) is 0 Å². The van der Waals surface area contributed by atoms with Crippen LogP contribution in [-0.4, -0.2) is 17.7 Å². The lowest BCUT2D eigenvalue weighted by Gasteiger charge is -2.06. The van der Waals surface area contributed by atoms with Gasteiger partial charge in [0.05, 0.1) is 0 Å². The molecule has 0 spiro atoms. The molecule has 0 saturated carbocycles. The van der Waals surface area contributed by atoms with Crippen LogP contribution in [0.5, 0.6) is 0 Å². The molecule has 0 aromatic carbocycles. The van der Waals surface area contributed by atoms with Crippen LogP contribution in [0.4, 0.5) is 0 Å². The van der Waals surface area contributed by atoms with Crippen molar-refractivity contribution in [3.63, 3.8) is 0 Å². The first-order valence-corrected chi connectivity index (χ1v) is 5.09. The van der Waals surface area contributed by atoms with Crippen molar-refractivity contribution in [3.8, 4) is 0 Å². The van der Waals surface area contributed by atoms with Crippen molar-refractivity contribution in [2.24, 2.45) is 5.92 Å². The van der Waals surface area contributed by atoms with E-state index in [2.05, 4.69) is 5.32 Å². The predicted octanol–water partition coefficient (Wildman–Crippen LogP) is 0.519. The summed E-state index contributed by atoms with van der Waals surface area (Å²) < 4.78 is 1.81. The smallest absolute Gasteiger partial charge is 0.307 e. The molecule has 12 heavy (non-hydrogen) atoms. The summed E-state index contributed by atoms with van der Waals surface area (Å²) in [5.74, 6) is 0.650. The first-order chi connectivity index (χ1) is 5.86. The third-order valence-electron chi connectivity index (χ3n) is 2.26. The quantitative estimate of drug-likeness (QED) is 0.727. The second-order valence-electron chi connectivity index (χ2n) is 3.18. The third-order valence-corrected chi connectivity index (χ3v) is 2.96. The summed E-state index contributed by atoms with van der Waals surface area (Å²) in [4.78, 5) is 11.3. The highest BCUT2D eigenvalue weighted by Gasteiger charge is 2.15. The molecule has 1 aliphatic heterocycles. The molecule has 1 aromatic rings. The molecule has 1 fully saturated rings. The van der Waals surface area contributed by atoms with Crippen molar-refractivity contribution in [2.75, 3.05) is 13.1 Å². The van der Waals surface area contributed by atoms with Gasteiger partial charge >= 0.3 is 4.87 Å². The Bertz CT molecular complexity index is 298. The maximum atomic E-state index is 11.2. The van der Waals surface area contributed by atoms with E-state index in [1.165, 1.54) is 17.8 Å². The van der Waals surface area contributed by atoms with E-state index in [0.29, 0.717) is 5.92 Å². The lowest BCUT2D eigenvalue weighted by Crippen LogP contribution is -2.20. The summed E-state index contributed by atoms with van der Waals surface area (Å²) in [5.41, 5.74) is 0. The summed E-state index contributed by atoms with van der Waals surface area (Å²) in [6, 6.07) is 0. The zero-order chi connectivity index (χ0) is 8.39. The van der Waals surface area contributed by atoms with E-state index in [9.17, 15) is 4.79 Å². The average Bonchev–Trinajstić information content (AvgIpc) is 2.65. The Kier molecular flexibility index (Phi) is 2.28. The van der Waals surface area contributed by atoms with E-state index in [1.807, 2.05) is 16.1 Å².